The molecular formula is C14H14N4O. The van der Waals surface area contributed by atoms with Gasteiger partial charge in [0, 0.05) is 26.0 Å². The molecule has 0 atom stereocenters. The molecule has 96 valence electrons. The Bertz CT molecular complexity index is 684. The van der Waals surface area contributed by atoms with Gasteiger partial charge in [0.05, 0.1) is 11.3 Å². The average Bonchev–Trinajstić information content (AvgIpc) is 2.46. The largest absolute Gasteiger partial charge is 0.324 e. The molecule has 0 N–H and O–H groups in total. The van der Waals surface area contributed by atoms with Crippen molar-refractivity contribution < 1.29 is 0 Å². The molecule has 0 saturated heterocycles. The first-order valence-electron chi connectivity index (χ1n) is 5.97. The van der Waals surface area contributed by atoms with E-state index in [1.165, 1.54) is 0 Å². The van der Waals surface area contributed by atoms with E-state index in [4.69, 9.17) is 5.26 Å². The molecule has 0 aliphatic heterocycles. The van der Waals surface area contributed by atoms with Crippen molar-refractivity contribution >= 4 is 11.5 Å². The molecule has 0 spiro atoms. The van der Waals surface area contributed by atoms with Crippen LogP contribution in [0.2, 0.25) is 0 Å². The van der Waals surface area contributed by atoms with Crippen LogP contribution in [0.15, 0.2) is 41.5 Å². The smallest absolute Gasteiger partial charge is 0.293 e. The number of nitrogens with zero attached hydrogens (tertiary/aromatic N) is 4. The minimum atomic E-state index is -0.166. The molecule has 0 amide bonds. The molecule has 0 unspecified atom stereocenters. The summed E-state index contributed by atoms with van der Waals surface area (Å²) >= 11 is 0. The summed E-state index contributed by atoms with van der Waals surface area (Å²) in [5, 5.41) is 9.10. The third kappa shape index (κ3) is 2.33. The minimum absolute atomic E-state index is 0.166. The first-order valence-corrected chi connectivity index (χ1v) is 5.97. The maximum absolute atomic E-state index is 12.2. The Morgan fingerprint density at radius 2 is 2.16 bits per heavy atom. The summed E-state index contributed by atoms with van der Waals surface area (Å²) in [7, 11) is 1.74. The zero-order chi connectivity index (χ0) is 13.8. The lowest BCUT2D eigenvalue weighted by Crippen LogP contribution is -2.27. The standard InChI is InChI=1S/C14H14N4O/c1-3-18-9-8-16-13(14(18)19)17(2)12-7-5-4-6-11(12)10-15/h4-9H,3H2,1-2H3. The van der Waals surface area contributed by atoms with Gasteiger partial charge in [0.15, 0.2) is 5.82 Å². The monoisotopic (exact) mass is 254 g/mol. The molecule has 5 nitrogen and oxygen atoms in total. The molecule has 19 heavy (non-hydrogen) atoms. The van der Waals surface area contributed by atoms with E-state index < -0.39 is 0 Å². The number of aromatic nitrogens is 2. The molecular weight excluding hydrogens is 240 g/mol. The van der Waals surface area contributed by atoms with E-state index in [1.54, 1.807) is 47.1 Å². The summed E-state index contributed by atoms with van der Waals surface area (Å²) in [6.45, 7) is 2.48. The zero-order valence-corrected chi connectivity index (χ0v) is 10.9. The second-order valence-corrected chi connectivity index (χ2v) is 4.03. The molecule has 5 heteroatoms. The summed E-state index contributed by atoms with van der Waals surface area (Å²) in [5.74, 6) is 0.312. The minimum Gasteiger partial charge on any atom is -0.324 e. The predicted octanol–water partition coefficient (Wildman–Crippen LogP) is 1.90. The quantitative estimate of drug-likeness (QED) is 0.839. The Balaban J connectivity index is 2.54. The molecule has 1 aromatic carbocycles. The lowest BCUT2D eigenvalue weighted by atomic mass is 10.2. The molecule has 0 radical (unpaired) electrons. The highest BCUT2D eigenvalue weighted by molar-refractivity contribution is 5.66. The van der Waals surface area contributed by atoms with Gasteiger partial charge in [-0.25, -0.2) is 4.98 Å². The number of hydrogen-bond donors (Lipinski definition) is 0. The maximum atomic E-state index is 12.2. The van der Waals surface area contributed by atoms with E-state index in [9.17, 15) is 4.79 Å². The Kier molecular flexibility index (Phi) is 3.62. The van der Waals surface area contributed by atoms with Crippen molar-refractivity contribution in [3.63, 3.8) is 0 Å². The van der Waals surface area contributed by atoms with E-state index in [0.717, 1.165) is 0 Å². The van der Waals surface area contributed by atoms with Gasteiger partial charge in [0.25, 0.3) is 5.56 Å². The van der Waals surface area contributed by atoms with Gasteiger partial charge in [-0.2, -0.15) is 5.26 Å². The van der Waals surface area contributed by atoms with Gasteiger partial charge >= 0.3 is 0 Å². The van der Waals surface area contributed by atoms with Crippen molar-refractivity contribution in [1.29, 1.82) is 5.26 Å². The van der Waals surface area contributed by atoms with Gasteiger partial charge in [0.1, 0.15) is 6.07 Å². The van der Waals surface area contributed by atoms with Gasteiger partial charge in [-0.15, -0.1) is 0 Å². The molecule has 0 saturated carbocycles. The Morgan fingerprint density at radius 1 is 1.42 bits per heavy atom. The lowest BCUT2D eigenvalue weighted by Gasteiger charge is -2.19. The Morgan fingerprint density at radius 3 is 2.84 bits per heavy atom. The number of nitriles is 1. The topological polar surface area (TPSA) is 61.9 Å². The summed E-state index contributed by atoms with van der Waals surface area (Å²) in [6.07, 6.45) is 3.24. The number of aryl methyl sites for hydroxylation is 1. The van der Waals surface area contributed by atoms with Crippen LogP contribution in [0.5, 0.6) is 0 Å². The maximum Gasteiger partial charge on any atom is 0.293 e. The van der Waals surface area contributed by atoms with Crippen LogP contribution in [0.4, 0.5) is 11.5 Å². The van der Waals surface area contributed by atoms with E-state index in [-0.39, 0.29) is 5.56 Å². The highest BCUT2D eigenvalue weighted by Gasteiger charge is 2.13. The first-order chi connectivity index (χ1) is 9.19. The number of anilines is 2. The van der Waals surface area contributed by atoms with E-state index >= 15 is 0 Å². The average molecular weight is 254 g/mol. The number of rotatable bonds is 3. The first kappa shape index (κ1) is 12.8. The fourth-order valence-corrected chi connectivity index (χ4v) is 1.89. The molecule has 0 fully saturated rings. The summed E-state index contributed by atoms with van der Waals surface area (Å²) in [6, 6.07) is 9.24. The van der Waals surface area contributed by atoms with Crippen LogP contribution in [-0.2, 0) is 6.54 Å². The molecule has 2 aromatic rings. The lowest BCUT2D eigenvalue weighted by molar-refractivity contribution is 0.716. The van der Waals surface area contributed by atoms with Gasteiger partial charge in [-0.05, 0) is 19.1 Å². The number of benzene rings is 1. The fourth-order valence-electron chi connectivity index (χ4n) is 1.89. The van der Waals surface area contributed by atoms with Crippen LogP contribution in [0, 0.1) is 11.3 Å². The molecule has 0 bridgehead atoms. The van der Waals surface area contributed by atoms with Crippen LogP contribution in [-0.4, -0.2) is 16.6 Å². The van der Waals surface area contributed by atoms with Gasteiger partial charge in [-0.1, -0.05) is 12.1 Å². The van der Waals surface area contributed by atoms with Gasteiger partial charge in [0.2, 0.25) is 0 Å². The summed E-state index contributed by atoms with van der Waals surface area (Å²) in [4.78, 5) is 18.0. The zero-order valence-electron chi connectivity index (χ0n) is 10.9. The molecule has 1 aromatic heterocycles. The van der Waals surface area contributed by atoms with Crippen molar-refractivity contribution in [3.8, 4) is 6.07 Å². The van der Waals surface area contributed by atoms with Crippen LogP contribution >= 0.6 is 0 Å². The summed E-state index contributed by atoms with van der Waals surface area (Å²) in [5.41, 5.74) is 1.02. The third-order valence-electron chi connectivity index (χ3n) is 2.94. The van der Waals surface area contributed by atoms with Crippen LogP contribution in [0.3, 0.4) is 0 Å². The van der Waals surface area contributed by atoms with Crippen molar-refractivity contribution in [2.24, 2.45) is 0 Å². The van der Waals surface area contributed by atoms with Crippen LogP contribution in [0.1, 0.15) is 12.5 Å². The normalized spacial score (nSPS) is 9.95. The van der Waals surface area contributed by atoms with E-state index in [1.807, 2.05) is 13.0 Å². The number of hydrogen-bond acceptors (Lipinski definition) is 4. The van der Waals surface area contributed by atoms with Crippen molar-refractivity contribution in [2.45, 2.75) is 13.5 Å². The predicted molar refractivity (Wildman–Crippen MR) is 73.4 cm³/mol. The third-order valence-corrected chi connectivity index (χ3v) is 2.94. The van der Waals surface area contributed by atoms with Gasteiger partial charge in [-0.3, -0.25) is 4.79 Å². The second-order valence-electron chi connectivity index (χ2n) is 4.03. The van der Waals surface area contributed by atoms with Crippen molar-refractivity contribution in [3.05, 3.63) is 52.6 Å². The SMILES string of the molecule is CCn1ccnc(N(C)c2ccccc2C#N)c1=O. The molecule has 0 aliphatic rings. The second kappa shape index (κ2) is 5.36. The van der Waals surface area contributed by atoms with Crippen LogP contribution in [0.25, 0.3) is 0 Å². The Labute approximate surface area is 111 Å². The van der Waals surface area contributed by atoms with Gasteiger partial charge < -0.3 is 9.47 Å². The van der Waals surface area contributed by atoms with Crippen molar-refractivity contribution in [1.82, 2.24) is 9.55 Å². The fraction of sp³-hybridized carbons (Fsp3) is 0.214. The van der Waals surface area contributed by atoms with Crippen molar-refractivity contribution in [2.75, 3.05) is 11.9 Å². The molecule has 1 heterocycles. The summed E-state index contributed by atoms with van der Waals surface area (Å²) < 4.78 is 1.58. The Hall–Kier alpha value is -2.61. The highest BCUT2D eigenvalue weighted by atomic mass is 16.1. The van der Waals surface area contributed by atoms with E-state index in [0.29, 0.717) is 23.6 Å². The van der Waals surface area contributed by atoms with Crippen LogP contribution < -0.4 is 10.5 Å². The molecule has 2 rings (SSSR count). The number of para-hydroxylation sites is 1. The van der Waals surface area contributed by atoms with E-state index in [2.05, 4.69) is 11.1 Å². The molecule has 0 aliphatic carbocycles. The highest BCUT2D eigenvalue weighted by Crippen LogP contribution is 2.22.